The van der Waals surface area contributed by atoms with Crippen molar-refractivity contribution >= 4 is 11.8 Å². The highest BCUT2D eigenvalue weighted by Crippen LogP contribution is 2.33. The van der Waals surface area contributed by atoms with E-state index in [2.05, 4.69) is 23.6 Å². The number of hydrogen-bond donors (Lipinski definition) is 1. The summed E-state index contributed by atoms with van der Waals surface area (Å²) < 4.78 is 14.5. The highest BCUT2D eigenvalue weighted by Gasteiger charge is 2.36. The highest BCUT2D eigenvalue weighted by molar-refractivity contribution is 5.97. The van der Waals surface area contributed by atoms with E-state index in [4.69, 9.17) is 9.15 Å². The number of rotatable bonds is 11. The first-order valence-electron chi connectivity index (χ1n) is 10.5. The predicted octanol–water partition coefficient (Wildman–Crippen LogP) is 3.00. The van der Waals surface area contributed by atoms with Crippen molar-refractivity contribution in [1.82, 2.24) is 24.6 Å². The van der Waals surface area contributed by atoms with Crippen molar-refractivity contribution in [3.8, 4) is 5.88 Å². The van der Waals surface area contributed by atoms with E-state index < -0.39 is 6.04 Å². The fraction of sp³-hybridized carbons (Fsp3) is 0.292. The molecule has 0 aromatic carbocycles. The van der Waals surface area contributed by atoms with Crippen LogP contribution in [-0.2, 0) is 24.9 Å². The molecular weight excluding hydrogens is 422 g/mol. The third-order valence-corrected chi connectivity index (χ3v) is 5.17. The van der Waals surface area contributed by atoms with E-state index >= 15 is 0 Å². The Kier molecular flexibility index (Phi) is 7.55. The quantitative estimate of drug-likeness (QED) is 0.452. The van der Waals surface area contributed by atoms with Gasteiger partial charge in [0.15, 0.2) is 0 Å². The second-order valence-corrected chi connectivity index (χ2v) is 7.48. The average Bonchev–Trinajstić information content (AvgIpc) is 3.53. The van der Waals surface area contributed by atoms with Crippen LogP contribution in [0.15, 0.2) is 66.5 Å². The van der Waals surface area contributed by atoms with Gasteiger partial charge >= 0.3 is 0 Å². The maximum atomic E-state index is 13.5. The molecule has 0 aliphatic heterocycles. The summed E-state index contributed by atoms with van der Waals surface area (Å²) in [7, 11) is 3.32. The van der Waals surface area contributed by atoms with Crippen molar-refractivity contribution < 1.29 is 18.7 Å². The molecule has 0 saturated heterocycles. The molecule has 9 nitrogen and oxygen atoms in total. The van der Waals surface area contributed by atoms with Crippen molar-refractivity contribution in [1.29, 1.82) is 0 Å². The summed E-state index contributed by atoms with van der Waals surface area (Å²) in [6, 6.07) is 6.01. The molecule has 3 rings (SSSR count). The normalized spacial score (nSPS) is 11.6. The third-order valence-electron chi connectivity index (χ3n) is 5.17. The van der Waals surface area contributed by atoms with E-state index in [0.717, 1.165) is 0 Å². The molecular formula is C24H29N5O4. The van der Waals surface area contributed by atoms with Crippen LogP contribution in [0.5, 0.6) is 5.88 Å². The molecule has 33 heavy (non-hydrogen) atoms. The lowest BCUT2D eigenvalue weighted by Crippen LogP contribution is -2.42. The van der Waals surface area contributed by atoms with Crippen LogP contribution < -0.4 is 10.1 Å². The van der Waals surface area contributed by atoms with Gasteiger partial charge in [-0.2, -0.15) is 5.10 Å². The molecule has 3 aromatic rings. The van der Waals surface area contributed by atoms with Crippen LogP contribution in [0.25, 0.3) is 0 Å². The maximum absolute atomic E-state index is 13.5. The number of aryl methyl sites for hydroxylation is 2. The van der Waals surface area contributed by atoms with Gasteiger partial charge in [-0.15, -0.1) is 6.58 Å². The van der Waals surface area contributed by atoms with Crippen molar-refractivity contribution in [2.24, 2.45) is 7.05 Å². The Morgan fingerprint density at radius 1 is 1.30 bits per heavy atom. The van der Waals surface area contributed by atoms with Crippen LogP contribution in [0.3, 0.4) is 0 Å². The van der Waals surface area contributed by atoms with Gasteiger partial charge in [-0.3, -0.25) is 9.59 Å². The number of furan rings is 1. The molecule has 3 aromatic heterocycles. The monoisotopic (exact) mass is 451 g/mol. The van der Waals surface area contributed by atoms with Crippen LogP contribution in [-0.4, -0.2) is 44.7 Å². The summed E-state index contributed by atoms with van der Waals surface area (Å²) in [5.74, 6) is 0.287. The van der Waals surface area contributed by atoms with Gasteiger partial charge in [-0.1, -0.05) is 18.7 Å². The minimum absolute atomic E-state index is 0.180. The summed E-state index contributed by atoms with van der Waals surface area (Å²) in [4.78, 5) is 28.4. The topological polar surface area (TPSA) is 94.5 Å². The molecule has 0 radical (unpaired) electrons. The first-order chi connectivity index (χ1) is 15.9. The van der Waals surface area contributed by atoms with E-state index in [1.165, 1.54) is 11.2 Å². The molecule has 9 heteroatoms. The van der Waals surface area contributed by atoms with Crippen molar-refractivity contribution in [3.05, 3.63) is 84.7 Å². The lowest BCUT2D eigenvalue weighted by Gasteiger charge is -2.28. The van der Waals surface area contributed by atoms with E-state index in [0.29, 0.717) is 35.1 Å². The smallest absolute Gasteiger partial charge is 0.271 e. The summed E-state index contributed by atoms with van der Waals surface area (Å²) in [6.07, 6.45) is 6.64. The molecule has 0 saturated carbocycles. The summed E-state index contributed by atoms with van der Waals surface area (Å²) in [5.41, 5.74) is 1.53. The Labute approximate surface area is 192 Å². The molecule has 0 bridgehead atoms. The number of hydrogen-bond acceptors (Lipinski definition) is 5. The van der Waals surface area contributed by atoms with Crippen LogP contribution in [0.2, 0.25) is 0 Å². The number of nitrogens with one attached hydrogen (secondary N) is 1. The molecule has 0 fully saturated rings. The first kappa shape index (κ1) is 23.6. The standard InChI is InChI=1S/C24H29N5O4/c1-6-12-29-13-8-11-19(29)23(31)27(4)21(22(30)25-16-18-10-9-15-32-18)20-17(3)26-28(5)24(20)33-14-7-2/h6-11,13,15,21H,1-2,12,14,16H2,3-5H3,(H,25,30). The van der Waals surface area contributed by atoms with Crippen molar-refractivity contribution in [2.45, 2.75) is 26.1 Å². The lowest BCUT2D eigenvalue weighted by atomic mass is 10.0. The Morgan fingerprint density at radius 2 is 2.09 bits per heavy atom. The van der Waals surface area contributed by atoms with Gasteiger partial charge in [0.1, 0.15) is 24.1 Å². The highest BCUT2D eigenvalue weighted by atomic mass is 16.5. The van der Waals surface area contributed by atoms with Gasteiger partial charge in [0.2, 0.25) is 11.8 Å². The average molecular weight is 452 g/mol. The maximum Gasteiger partial charge on any atom is 0.271 e. The van der Waals surface area contributed by atoms with Gasteiger partial charge in [0.05, 0.1) is 24.1 Å². The predicted molar refractivity (Wildman–Crippen MR) is 124 cm³/mol. The molecule has 1 N–H and O–H groups in total. The van der Waals surface area contributed by atoms with Crippen LogP contribution >= 0.6 is 0 Å². The zero-order valence-electron chi connectivity index (χ0n) is 19.2. The largest absolute Gasteiger partial charge is 0.473 e. The molecule has 0 aliphatic rings. The molecule has 3 heterocycles. The molecule has 0 spiro atoms. The minimum Gasteiger partial charge on any atom is -0.473 e. The Bertz CT molecular complexity index is 1130. The van der Waals surface area contributed by atoms with Crippen molar-refractivity contribution in [3.63, 3.8) is 0 Å². The lowest BCUT2D eigenvalue weighted by molar-refractivity contribution is -0.125. The number of ether oxygens (including phenoxy) is 1. The molecule has 1 unspecified atom stereocenters. The fourth-order valence-electron chi connectivity index (χ4n) is 3.67. The number of amides is 2. The van der Waals surface area contributed by atoms with E-state index in [1.807, 2.05) is 0 Å². The Balaban J connectivity index is 2.00. The number of aromatic nitrogens is 3. The number of allylic oxidation sites excluding steroid dienone is 1. The van der Waals surface area contributed by atoms with Gasteiger partial charge in [-0.05, 0) is 31.2 Å². The summed E-state index contributed by atoms with van der Waals surface area (Å²) in [5, 5.41) is 7.29. The first-order valence-corrected chi connectivity index (χ1v) is 10.5. The van der Waals surface area contributed by atoms with Gasteiger partial charge < -0.3 is 23.9 Å². The molecule has 0 aliphatic carbocycles. The molecule has 1 atom stereocenters. The summed E-state index contributed by atoms with van der Waals surface area (Å²) in [6.45, 7) is 10.1. The fourth-order valence-corrected chi connectivity index (χ4v) is 3.67. The number of nitrogens with zero attached hydrogens (tertiary/aromatic N) is 4. The van der Waals surface area contributed by atoms with Crippen LogP contribution in [0.1, 0.15) is 33.5 Å². The van der Waals surface area contributed by atoms with Crippen LogP contribution in [0.4, 0.5) is 0 Å². The SMILES string of the molecule is C=CCOc1c(C(C(=O)NCc2ccco2)N(C)C(=O)c2cccn2CC=C)c(C)nn1C. The Morgan fingerprint density at radius 3 is 2.76 bits per heavy atom. The zero-order valence-corrected chi connectivity index (χ0v) is 19.2. The number of carbonyl (C=O) groups excluding carboxylic acids is 2. The van der Waals surface area contributed by atoms with E-state index in [-0.39, 0.29) is 25.0 Å². The van der Waals surface area contributed by atoms with Crippen molar-refractivity contribution in [2.75, 3.05) is 13.7 Å². The molecule has 2 amide bonds. The van der Waals surface area contributed by atoms with Gasteiger partial charge in [0, 0.05) is 26.8 Å². The van der Waals surface area contributed by atoms with Gasteiger partial charge in [0.25, 0.3) is 5.91 Å². The van der Waals surface area contributed by atoms with Gasteiger partial charge in [-0.25, -0.2) is 4.68 Å². The molecule has 174 valence electrons. The number of carbonyl (C=O) groups is 2. The zero-order chi connectivity index (χ0) is 24.0. The summed E-state index contributed by atoms with van der Waals surface area (Å²) >= 11 is 0. The Hall–Kier alpha value is -4.01. The van der Waals surface area contributed by atoms with E-state index in [9.17, 15) is 9.59 Å². The second kappa shape index (κ2) is 10.5. The van der Waals surface area contributed by atoms with Crippen LogP contribution in [0, 0.1) is 6.92 Å². The third kappa shape index (κ3) is 5.08. The van der Waals surface area contributed by atoms with E-state index in [1.54, 1.807) is 72.9 Å². The number of likely N-dealkylation sites (N-methyl/N-ethyl adjacent to an activating group) is 1. The second-order valence-electron chi connectivity index (χ2n) is 7.48. The minimum atomic E-state index is -0.993.